The van der Waals surface area contributed by atoms with Gasteiger partial charge in [0.1, 0.15) is 0 Å². The molecule has 0 radical (unpaired) electrons. The van der Waals surface area contributed by atoms with Crippen molar-refractivity contribution in [3.8, 4) is 0 Å². The van der Waals surface area contributed by atoms with Crippen molar-refractivity contribution < 1.29 is 9.47 Å². The van der Waals surface area contributed by atoms with Crippen molar-refractivity contribution >= 4 is 0 Å². The first kappa shape index (κ1) is 7.32. The quantitative estimate of drug-likeness (QED) is 0.529. The van der Waals surface area contributed by atoms with Crippen LogP contribution in [0, 0.1) is 11.8 Å². The minimum absolute atomic E-state index is 0.294. The van der Waals surface area contributed by atoms with Crippen LogP contribution in [0.25, 0.3) is 0 Å². The fourth-order valence-electron chi connectivity index (χ4n) is 1.92. The molecular weight excluding hydrogens is 140 g/mol. The molecule has 0 aromatic rings. The lowest BCUT2D eigenvalue weighted by Gasteiger charge is -2.11. The van der Waals surface area contributed by atoms with E-state index in [1.165, 1.54) is 0 Å². The summed E-state index contributed by atoms with van der Waals surface area (Å²) in [5.41, 5.74) is 0. The Morgan fingerprint density at radius 1 is 1.27 bits per heavy atom. The van der Waals surface area contributed by atoms with E-state index in [9.17, 15) is 0 Å². The Bertz CT molecular complexity index is 167. The van der Waals surface area contributed by atoms with Crippen LogP contribution < -0.4 is 0 Å². The van der Waals surface area contributed by atoms with Gasteiger partial charge in [0.2, 0.25) is 0 Å². The van der Waals surface area contributed by atoms with E-state index in [2.05, 4.69) is 13.5 Å². The average Bonchev–Trinajstić information content (AvgIpc) is 2.53. The first-order valence-corrected chi connectivity index (χ1v) is 4.18. The van der Waals surface area contributed by atoms with Gasteiger partial charge >= 0.3 is 0 Å². The maximum Gasteiger partial charge on any atom is 0.0924 e. The summed E-state index contributed by atoms with van der Waals surface area (Å²) in [5.74, 6) is 0.981. The third kappa shape index (κ3) is 1.01. The van der Waals surface area contributed by atoms with E-state index in [0.717, 1.165) is 13.2 Å². The lowest BCUT2D eigenvalue weighted by molar-refractivity contribution is 0.0639. The van der Waals surface area contributed by atoms with Crippen LogP contribution in [-0.4, -0.2) is 25.4 Å². The fraction of sp³-hybridized carbons (Fsp3) is 0.778. The van der Waals surface area contributed by atoms with Crippen molar-refractivity contribution in [1.82, 2.24) is 0 Å². The molecule has 2 fully saturated rings. The van der Waals surface area contributed by atoms with Crippen molar-refractivity contribution in [3.05, 3.63) is 12.7 Å². The summed E-state index contributed by atoms with van der Waals surface area (Å²) in [6, 6.07) is 0. The third-order valence-electron chi connectivity index (χ3n) is 2.64. The second-order valence-electron chi connectivity index (χ2n) is 3.47. The summed E-state index contributed by atoms with van der Waals surface area (Å²) >= 11 is 0. The van der Waals surface area contributed by atoms with E-state index >= 15 is 0 Å². The predicted octanol–water partition coefficient (Wildman–Crippen LogP) is 1.22. The van der Waals surface area contributed by atoms with Gasteiger partial charge in [-0.1, -0.05) is 13.0 Å². The topological polar surface area (TPSA) is 18.5 Å². The summed E-state index contributed by atoms with van der Waals surface area (Å²) in [7, 11) is 0. The van der Waals surface area contributed by atoms with Gasteiger partial charge in [-0.2, -0.15) is 0 Å². The molecule has 11 heavy (non-hydrogen) atoms. The largest absolute Gasteiger partial charge is 0.374 e. The zero-order valence-electron chi connectivity index (χ0n) is 6.82. The lowest BCUT2D eigenvalue weighted by Crippen LogP contribution is -2.23. The van der Waals surface area contributed by atoms with E-state index in [1.807, 2.05) is 6.08 Å². The van der Waals surface area contributed by atoms with E-state index in [-0.39, 0.29) is 0 Å². The van der Waals surface area contributed by atoms with Gasteiger partial charge in [-0.25, -0.2) is 0 Å². The molecule has 2 heteroatoms. The maximum absolute atomic E-state index is 5.60. The monoisotopic (exact) mass is 154 g/mol. The molecule has 0 amide bonds. The molecule has 0 bridgehead atoms. The van der Waals surface area contributed by atoms with Crippen molar-refractivity contribution in [1.29, 1.82) is 0 Å². The molecule has 4 atom stereocenters. The Morgan fingerprint density at radius 3 is 2.73 bits per heavy atom. The molecule has 0 aromatic heterocycles. The number of hydrogen-bond acceptors (Lipinski definition) is 2. The Hall–Kier alpha value is -0.340. The molecule has 0 spiro atoms. The number of rotatable bonds is 1. The third-order valence-corrected chi connectivity index (χ3v) is 2.64. The van der Waals surface area contributed by atoms with Gasteiger partial charge in [-0.3, -0.25) is 0 Å². The highest BCUT2D eigenvalue weighted by atomic mass is 16.6. The number of hydrogen-bond donors (Lipinski definition) is 0. The highest BCUT2D eigenvalue weighted by molar-refractivity contribution is 4.98. The smallest absolute Gasteiger partial charge is 0.0924 e. The molecule has 2 aliphatic heterocycles. The minimum atomic E-state index is 0.294. The van der Waals surface area contributed by atoms with Gasteiger partial charge in [0.05, 0.1) is 25.4 Å². The predicted molar refractivity (Wildman–Crippen MR) is 42.3 cm³/mol. The van der Waals surface area contributed by atoms with Crippen LogP contribution in [0.5, 0.6) is 0 Å². The molecule has 0 aliphatic carbocycles. The van der Waals surface area contributed by atoms with Crippen molar-refractivity contribution in [2.24, 2.45) is 11.8 Å². The van der Waals surface area contributed by atoms with E-state index in [4.69, 9.17) is 9.47 Å². The zero-order valence-corrected chi connectivity index (χ0v) is 6.82. The molecule has 0 saturated carbocycles. The second kappa shape index (κ2) is 2.61. The summed E-state index contributed by atoms with van der Waals surface area (Å²) in [6.45, 7) is 7.59. The Balaban J connectivity index is 2.10. The van der Waals surface area contributed by atoms with Crippen LogP contribution in [0.4, 0.5) is 0 Å². The Labute approximate surface area is 67.2 Å². The summed E-state index contributed by atoms with van der Waals surface area (Å²) in [4.78, 5) is 0. The molecule has 2 saturated heterocycles. The molecule has 1 unspecified atom stereocenters. The minimum Gasteiger partial charge on any atom is -0.374 e. The van der Waals surface area contributed by atoms with Crippen LogP contribution >= 0.6 is 0 Å². The fourth-order valence-corrected chi connectivity index (χ4v) is 1.92. The van der Waals surface area contributed by atoms with Crippen LogP contribution in [-0.2, 0) is 9.47 Å². The normalized spacial score (nSPS) is 49.2. The van der Waals surface area contributed by atoms with Gasteiger partial charge < -0.3 is 9.47 Å². The summed E-state index contributed by atoms with van der Waals surface area (Å²) < 4.78 is 11.2. The molecule has 0 N–H and O–H groups in total. The van der Waals surface area contributed by atoms with Gasteiger partial charge in [0.15, 0.2) is 0 Å². The molecule has 0 aromatic carbocycles. The Morgan fingerprint density at radius 2 is 2.00 bits per heavy atom. The first-order chi connectivity index (χ1) is 5.33. The van der Waals surface area contributed by atoms with Crippen LogP contribution in [0.2, 0.25) is 0 Å². The molecule has 2 aliphatic rings. The van der Waals surface area contributed by atoms with E-state index in [0.29, 0.717) is 24.0 Å². The molecule has 2 nitrogen and oxygen atoms in total. The second-order valence-corrected chi connectivity index (χ2v) is 3.47. The summed E-state index contributed by atoms with van der Waals surface area (Å²) in [5, 5.41) is 0. The van der Waals surface area contributed by atoms with Crippen molar-refractivity contribution in [2.75, 3.05) is 13.2 Å². The van der Waals surface area contributed by atoms with Gasteiger partial charge in [0, 0.05) is 11.8 Å². The van der Waals surface area contributed by atoms with Gasteiger partial charge in [-0.05, 0) is 0 Å². The van der Waals surface area contributed by atoms with Crippen molar-refractivity contribution in [3.63, 3.8) is 0 Å². The van der Waals surface area contributed by atoms with Crippen LogP contribution in [0.3, 0.4) is 0 Å². The Kier molecular flexibility index (Phi) is 1.74. The van der Waals surface area contributed by atoms with Gasteiger partial charge in [0.25, 0.3) is 0 Å². The SMILES string of the molecule is C=C[C@H]1CO[C@H]2C1OC[C@@H]2C. The standard InChI is InChI=1S/C9H14O2/c1-3-7-5-11-8-6(2)4-10-9(7)8/h3,6-9H,1,4-5H2,2H3/t6-,7-,8+,9?/m0/s1. The van der Waals surface area contributed by atoms with E-state index < -0.39 is 0 Å². The zero-order chi connectivity index (χ0) is 7.84. The van der Waals surface area contributed by atoms with Gasteiger partial charge in [-0.15, -0.1) is 6.58 Å². The highest BCUT2D eigenvalue weighted by Crippen LogP contribution is 2.34. The molecular formula is C9H14O2. The van der Waals surface area contributed by atoms with Crippen LogP contribution in [0.15, 0.2) is 12.7 Å². The van der Waals surface area contributed by atoms with Crippen molar-refractivity contribution in [2.45, 2.75) is 19.1 Å². The molecule has 62 valence electrons. The van der Waals surface area contributed by atoms with E-state index in [1.54, 1.807) is 0 Å². The average molecular weight is 154 g/mol. The van der Waals surface area contributed by atoms with Crippen LogP contribution in [0.1, 0.15) is 6.92 Å². The highest BCUT2D eigenvalue weighted by Gasteiger charge is 2.44. The maximum atomic E-state index is 5.60. The number of fused-ring (bicyclic) bond motifs is 1. The molecule has 2 heterocycles. The summed E-state index contributed by atoms with van der Waals surface area (Å²) in [6.07, 6.45) is 2.57. The number of ether oxygens (including phenoxy) is 2. The molecule has 2 rings (SSSR count). The first-order valence-electron chi connectivity index (χ1n) is 4.18. The lowest BCUT2D eigenvalue weighted by atomic mass is 9.98.